The lowest BCUT2D eigenvalue weighted by Gasteiger charge is -2.29. The first-order valence-electron chi connectivity index (χ1n) is 11.0. The molecular weight excluding hydrogens is 457 g/mol. The number of aromatic amines is 1. The Balaban J connectivity index is 1.66. The second-order valence-electron chi connectivity index (χ2n) is 8.30. The topological polar surface area (TPSA) is 84.8 Å². The second kappa shape index (κ2) is 8.03. The molecule has 6 rings (SSSR count). The van der Waals surface area contributed by atoms with Crippen LogP contribution < -0.4 is 4.90 Å². The van der Waals surface area contributed by atoms with E-state index >= 15 is 0 Å². The molecule has 10 heteroatoms. The van der Waals surface area contributed by atoms with E-state index in [1.807, 2.05) is 19.9 Å². The van der Waals surface area contributed by atoms with E-state index in [0.717, 1.165) is 58.1 Å². The molecule has 1 saturated heterocycles. The highest BCUT2D eigenvalue weighted by molar-refractivity contribution is 6.35. The molecule has 0 atom stereocenters. The fraction of sp³-hybridized carbons (Fsp3) is 0.250. The highest BCUT2D eigenvalue weighted by Crippen LogP contribution is 2.36. The molecule has 172 valence electrons. The lowest BCUT2D eigenvalue weighted by Crippen LogP contribution is -2.36. The van der Waals surface area contributed by atoms with Crippen LogP contribution >= 0.6 is 11.6 Å². The van der Waals surface area contributed by atoms with Gasteiger partial charge in [-0.25, -0.2) is 9.37 Å². The summed E-state index contributed by atoms with van der Waals surface area (Å²) in [6.07, 6.45) is 1.64. The van der Waals surface area contributed by atoms with Gasteiger partial charge in [0.25, 0.3) is 0 Å². The monoisotopic (exact) mass is 477 g/mol. The van der Waals surface area contributed by atoms with Crippen LogP contribution in [0.2, 0.25) is 5.02 Å². The highest BCUT2D eigenvalue weighted by Gasteiger charge is 2.22. The van der Waals surface area contributed by atoms with Crippen LogP contribution in [-0.4, -0.2) is 56.0 Å². The Kier molecular flexibility index (Phi) is 4.96. The number of aromatic nitrogens is 6. The molecule has 34 heavy (non-hydrogen) atoms. The molecule has 1 fully saturated rings. The van der Waals surface area contributed by atoms with E-state index in [9.17, 15) is 4.39 Å². The SMILES string of the molecule is Cc1nnc(-c2cc(N3CCOCC3)cc3c2nc(C)n3-c2ccnc3c(Cl)c(F)ccc23)[nH]1. The summed E-state index contributed by atoms with van der Waals surface area (Å²) in [5.74, 6) is 1.67. The molecule has 1 N–H and O–H groups in total. The summed E-state index contributed by atoms with van der Waals surface area (Å²) in [7, 11) is 0. The average molecular weight is 478 g/mol. The molecule has 4 heterocycles. The van der Waals surface area contributed by atoms with Gasteiger partial charge >= 0.3 is 0 Å². The van der Waals surface area contributed by atoms with Crippen molar-refractivity contribution in [1.82, 2.24) is 29.7 Å². The van der Waals surface area contributed by atoms with Crippen molar-refractivity contribution >= 4 is 39.2 Å². The molecule has 0 saturated carbocycles. The van der Waals surface area contributed by atoms with Gasteiger partial charge in [0.05, 0.1) is 29.9 Å². The quantitative estimate of drug-likeness (QED) is 0.408. The number of morpholine rings is 1. The van der Waals surface area contributed by atoms with Crippen molar-refractivity contribution in [2.45, 2.75) is 13.8 Å². The van der Waals surface area contributed by atoms with Crippen molar-refractivity contribution in [2.75, 3.05) is 31.2 Å². The predicted molar refractivity (Wildman–Crippen MR) is 129 cm³/mol. The van der Waals surface area contributed by atoms with Gasteiger partial charge in [-0.1, -0.05) is 11.6 Å². The molecule has 8 nitrogen and oxygen atoms in total. The number of hydrogen-bond acceptors (Lipinski definition) is 6. The number of H-pyrrole nitrogens is 1. The van der Waals surface area contributed by atoms with Gasteiger partial charge < -0.3 is 14.6 Å². The number of hydrogen-bond donors (Lipinski definition) is 1. The Morgan fingerprint density at radius 3 is 2.65 bits per heavy atom. The fourth-order valence-corrected chi connectivity index (χ4v) is 4.79. The summed E-state index contributed by atoms with van der Waals surface area (Å²) < 4.78 is 21.7. The van der Waals surface area contributed by atoms with Gasteiger partial charge in [0.15, 0.2) is 5.82 Å². The first kappa shape index (κ1) is 21.0. The van der Waals surface area contributed by atoms with Crippen LogP contribution in [0.1, 0.15) is 11.6 Å². The molecule has 2 aromatic carbocycles. The summed E-state index contributed by atoms with van der Waals surface area (Å²) >= 11 is 6.25. The van der Waals surface area contributed by atoms with E-state index < -0.39 is 5.82 Å². The van der Waals surface area contributed by atoms with Crippen molar-refractivity contribution in [2.24, 2.45) is 0 Å². The number of benzene rings is 2. The maximum Gasteiger partial charge on any atom is 0.163 e. The fourth-order valence-electron chi connectivity index (χ4n) is 4.57. The molecule has 0 bridgehead atoms. The van der Waals surface area contributed by atoms with Crippen LogP contribution in [0.15, 0.2) is 36.5 Å². The average Bonchev–Trinajstić information content (AvgIpc) is 3.43. The van der Waals surface area contributed by atoms with Gasteiger partial charge in [0.1, 0.15) is 28.0 Å². The van der Waals surface area contributed by atoms with Crippen molar-refractivity contribution in [3.63, 3.8) is 0 Å². The zero-order chi connectivity index (χ0) is 23.4. The van der Waals surface area contributed by atoms with E-state index in [4.69, 9.17) is 21.3 Å². The van der Waals surface area contributed by atoms with Gasteiger partial charge in [-0.2, -0.15) is 0 Å². The minimum Gasteiger partial charge on any atom is -0.378 e. The minimum absolute atomic E-state index is 0.00764. The first-order chi connectivity index (χ1) is 16.5. The first-order valence-corrected chi connectivity index (χ1v) is 11.4. The molecule has 5 aromatic rings. The van der Waals surface area contributed by atoms with E-state index in [1.54, 1.807) is 12.3 Å². The summed E-state index contributed by atoms with van der Waals surface area (Å²) in [6, 6.07) is 9.19. The molecule has 3 aromatic heterocycles. The maximum absolute atomic E-state index is 14.1. The third-order valence-electron chi connectivity index (χ3n) is 6.17. The molecule has 0 unspecified atom stereocenters. The van der Waals surface area contributed by atoms with Crippen LogP contribution in [-0.2, 0) is 4.74 Å². The third-order valence-corrected chi connectivity index (χ3v) is 6.52. The number of rotatable bonds is 3. The van der Waals surface area contributed by atoms with E-state index in [-0.39, 0.29) is 5.02 Å². The van der Waals surface area contributed by atoms with Crippen LogP contribution in [0.3, 0.4) is 0 Å². The summed E-state index contributed by atoms with van der Waals surface area (Å²) in [5, 5.41) is 9.24. The molecule has 0 amide bonds. The van der Waals surface area contributed by atoms with Crippen molar-refractivity contribution in [3.05, 3.63) is 59.0 Å². The number of imidazole rings is 1. The van der Waals surface area contributed by atoms with E-state index in [0.29, 0.717) is 24.6 Å². The molecular formula is C24H21ClFN7O. The van der Waals surface area contributed by atoms with Crippen molar-refractivity contribution < 1.29 is 9.13 Å². The summed E-state index contributed by atoms with van der Waals surface area (Å²) in [4.78, 5) is 14.8. The third kappa shape index (κ3) is 3.31. The van der Waals surface area contributed by atoms with E-state index in [2.05, 4.69) is 41.8 Å². The molecule has 0 aliphatic carbocycles. The summed E-state index contributed by atoms with van der Waals surface area (Å²) in [6.45, 7) is 6.75. The number of anilines is 1. The number of pyridine rings is 1. The lowest BCUT2D eigenvalue weighted by molar-refractivity contribution is 0.122. The number of halogens is 2. The lowest BCUT2D eigenvalue weighted by atomic mass is 10.1. The number of nitrogens with one attached hydrogen (secondary N) is 1. The van der Waals surface area contributed by atoms with Crippen molar-refractivity contribution in [1.29, 1.82) is 0 Å². The zero-order valence-electron chi connectivity index (χ0n) is 18.6. The van der Waals surface area contributed by atoms with Gasteiger partial charge in [-0.05, 0) is 44.2 Å². The Hall–Kier alpha value is -3.56. The standard InChI is InChI=1S/C24H21ClFN7O/c1-13-28-24(31-30-13)17-11-15(32-7-9-34-10-8-32)12-20-22(17)29-14(2)33(20)19-5-6-27-23-16(19)3-4-18(26)21(23)25/h3-6,11-12H,7-10H2,1-2H3,(H,28,30,31). The number of aryl methyl sites for hydroxylation is 2. The van der Waals surface area contributed by atoms with Crippen LogP contribution in [0, 0.1) is 19.7 Å². The smallest absolute Gasteiger partial charge is 0.163 e. The van der Waals surface area contributed by atoms with Crippen LogP contribution in [0.5, 0.6) is 0 Å². The molecule has 1 aliphatic rings. The Labute approximate surface area is 199 Å². The molecule has 0 radical (unpaired) electrons. The second-order valence-corrected chi connectivity index (χ2v) is 8.68. The number of fused-ring (bicyclic) bond motifs is 2. The van der Waals surface area contributed by atoms with Crippen molar-refractivity contribution in [3.8, 4) is 17.1 Å². The number of ether oxygens (including phenoxy) is 1. The van der Waals surface area contributed by atoms with Crippen LogP contribution in [0.25, 0.3) is 39.0 Å². The van der Waals surface area contributed by atoms with Crippen LogP contribution in [0.4, 0.5) is 10.1 Å². The Morgan fingerprint density at radius 2 is 1.88 bits per heavy atom. The van der Waals surface area contributed by atoms with Gasteiger partial charge in [0, 0.05) is 35.9 Å². The molecule has 0 spiro atoms. The highest BCUT2D eigenvalue weighted by atomic mass is 35.5. The maximum atomic E-state index is 14.1. The molecule has 1 aliphatic heterocycles. The van der Waals surface area contributed by atoms with Gasteiger partial charge in [0.2, 0.25) is 0 Å². The predicted octanol–water partition coefficient (Wildman–Crippen LogP) is 4.60. The number of nitrogens with zero attached hydrogens (tertiary/aromatic N) is 6. The largest absolute Gasteiger partial charge is 0.378 e. The Morgan fingerprint density at radius 1 is 1.06 bits per heavy atom. The van der Waals surface area contributed by atoms with E-state index in [1.165, 1.54) is 6.07 Å². The minimum atomic E-state index is -0.497. The van der Waals surface area contributed by atoms with Gasteiger partial charge in [-0.15, -0.1) is 10.2 Å². The Bertz CT molecular complexity index is 1550. The summed E-state index contributed by atoms with van der Waals surface area (Å²) in [5.41, 5.74) is 4.84. The van der Waals surface area contributed by atoms with Gasteiger partial charge in [-0.3, -0.25) is 9.55 Å². The normalized spacial score (nSPS) is 14.4. The zero-order valence-corrected chi connectivity index (χ0v) is 19.4.